The average Bonchev–Trinajstić information content (AvgIpc) is 3.10. The van der Waals surface area contributed by atoms with Gasteiger partial charge in [-0.25, -0.2) is 4.98 Å². The molecule has 1 saturated heterocycles. The smallest absolute Gasteiger partial charge is 0.251 e. The average molecular weight is 362 g/mol. The van der Waals surface area contributed by atoms with Gasteiger partial charge in [-0.3, -0.25) is 9.59 Å². The molecule has 0 bridgehead atoms. The fourth-order valence-corrected chi connectivity index (χ4v) is 4.66. The van der Waals surface area contributed by atoms with Gasteiger partial charge in [-0.15, -0.1) is 0 Å². The zero-order valence-corrected chi connectivity index (χ0v) is 15.1. The second-order valence-corrected chi connectivity index (χ2v) is 7.54. The molecule has 3 aliphatic heterocycles. The normalized spacial score (nSPS) is 23.8. The summed E-state index contributed by atoms with van der Waals surface area (Å²) in [6.07, 6.45) is 4.04. The van der Waals surface area contributed by atoms with Crippen molar-refractivity contribution in [2.24, 2.45) is 0 Å². The Morgan fingerprint density at radius 1 is 1.19 bits per heavy atom. The van der Waals surface area contributed by atoms with Gasteiger partial charge in [0.25, 0.3) is 5.91 Å². The van der Waals surface area contributed by atoms with Gasteiger partial charge in [-0.2, -0.15) is 0 Å². The zero-order valence-electron chi connectivity index (χ0n) is 15.1. The van der Waals surface area contributed by atoms with Gasteiger partial charge >= 0.3 is 0 Å². The Bertz CT molecular complexity index is 913. The molecule has 4 heterocycles. The highest BCUT2D eigenvalue weighted by atomic mass is 16.2. The van der Waals surface area contributed by atoms with E-state index in [1.54, 1.807) is 6.07 Å². The van der Waals surface area contributed by atoms with E-state index >= 15 is 0 Å². The van der Waals surface area contributed by atoms with Crippen molar-refractivity contribution in [3.05, 3.63) is 59.3 Å². The van der Waals surface area contributed by atoms with Crippen LogP contribution in [0.15, 0.2) is 42.6 Å². The molecule has 138 valence electrons. The number of carbonyl (C=O) groups excluding carboxylic acids is 2. The first-order chi connectivity index (χ1) is 13.2. The fourth-order valence-electron chi connectivity index (χ4n) is 4.66. The Labute approximate surface area is 158 Å². The topological polar surface area (TPSA) is 65.5 Å². The van der Waals surface area contributed by atoms with E-state index in [0.29, 0.717) is 31.2 Å². The van der Waals surface area contributed by atoms with Crippen LogP contribution in [0.25, 0.3) is 0 Å². The number of hydrogen-bond acceptors (Lipinski definition) is 4. The molecular formula is C21H22N4O2. The molecule has 6 nitrogen and oxygen atoms in total. The van der Waals surface area contributed by atoms with Gasteiger partial charge in [-0.05, 0) is 30.5 Å². The van der Waals surface area contributed by atoms with Crippen LogP contribution < -0.4 is 10.2 Å². The first-order valence-electron chi connectivity index (χ1n) is 9.59. The summed E-state index contributed by atoms with van der Waals surface area (Å²) in [6.45, 7) is 2.64. The number of carbonyl (C=O) groups is 2. The molecule has 3 aliphatic rings. The number of benzene rings is 1. The Hall–Kier alpha value is -2.89. The predicted octanol–water partition coefficient (Wildman–Crippen LogP) is 1.92. The van der Waals surface area contributed by atoms with E-state index in [1.165, 1.54) is 0 Å². The number of amides is 2. The number of hydrogen-bond donors (Lipinski definition) is 1. The Kier molecular flexibility index (Phi) is 3.85. The van der Waals surface area contributed by atoms with Gasteiger partial charge in [0.05, 0.1) is 5.92 Å². The molecular weight excluding hydrogens is 340 g/mol. The second-order valence-electron chi connectivity index (χ2n) is 7.54. The minimum atomic E-state index is -0.327. The summed E-state index contributed by atoms with van der Waals surface area (Å²) in [5.74, 6) is 0.688. The van der Waals surface area contributed by atoms with Crippen molar-refractivity contribution in [2.75, 3.05) is 24.5 Å². The third kappa shape index (κ3) is 2.67. The lowest BCUT2D eigenvalue weighted by Crippen LogP contribution is -2.46. The van der Waals surface area contributed by atoms with Crippen LogP contribution >= 0.6 is 0 Å². The first kappa shape index (κ1) is 16.3. The summed E-state index contributed by atoms with van der Waals surface area (Å²) in [5.41, 5.74) is 2.55. The van der Waals surface area contributed by atoms with Gasteiger partial charge in [0.2, 0.25) is 5.91 Å². The van der Waals surface area contributed by atoms with Gasteiger partial charge < -0.3 is 15.1 Å². The van der Waals surface area contributed by atoms with Crippen molar-refractivity contribution in [3.63, 3.8) is 0 Å². The minimum Gasteiger partial charge on any atom is -0.352 e. The van der Waals surface area contributed by atoms with E-state index in [1.807, 2.05) is 35.4 Å². The highest BCUT2D eigenvalue weighted by Crippen LogP contribution is 2.33. The summed E-state index contributed by atoms with van der Waals surface area (Å²) in [7, 11) is 0. The van der Waals surface area contributed by atoms with Gasteiger partial charge in [-0.1, -0.05) is 24.3 Å². The number of rotatable bonds is 1. The van der Waals surface area contributed by atoms with Crippen LogP contribution in [0.2, 0.25) is 0 Å². The number of anilines is 1. The van der Waals surface area contributed by atoms with Crippen molar-refractivity contribution in [1.29, 1.82) is 0 Å². The van der Waals surface area contributed by atoms with Crippen LogP contribution in [0.1, 0.15) is 40.2 Å². The van der Waals surface area contributed by atoms with Crippen LogP contribution in [0, 0.1) is 0 Å². The molecule has 27 heavy (non-hydrogen) atoms. The molecule has 0 spiro atoms. The van der Waals surface area contributed by atoms with Gasteiger partial charge in [0.1, 0.15) is 5.82 Å². The molecule has 2 atom stereocenters. The van der Waals surface area contributed by atoms with Crippen molar-refractivity contribution < 1.29 is 9.59 Å². The molecule has 0 radical (unpaired) electrons. The molecule has 0 aliphatic carbocycles. The summed E-state index contributed by atoms with van der Waals surface area (Å²) in [6, 6.07) is 11.8. The molecule has 1 aromatic carbocycles. The molecule has 1 N–H and O–H groups in total. The van der Waals surface area contributed by atoms with Crippen LogP contribution in [0.4, 0.5) is 5.82 Å². The monoisotopic (exact) mass is 362 g/mol. The summed E-state index contributed by atoms with van der Waals surface area (Å²) < 4.78 is 0. The van der Waals surface area contributed by atoms with Crippen molar-refractivity contribution in [2.45, 2.75) is 31.3 Å². The van der Waals surface area contributed by atoms with Crippen molar-refractivity contribution >= 4 is 17.6 Å². The lowest BCUT2D eigenvalue weighted by atomic mass is 9.89. The van der Waals surface area contributed by atoms with Gasteiger partial charge in [0.15, 0.2) is 0 Å². The van der Waals surface area contributed by atoms with Crippen LogP contribution in [0.3, 0.4) is 0 Å². The van der Waals surface area contributed by atoms with E-state index in [-0.39, 0.29) is 17.7 Å². The molecule has 2 amide bonds. The van der Waals surface area contributed by atoms with Crippen LogP contribution in [-0.4, -0.2) is 47.4 Å². The zero-order chi connectivity index (χ0) is 18.4. The lowest BCUT2D eigenvalue weighted by Gasteiger charge is -2.32. The highest BCUT2D eigenvalue weighted by Gasteiger charge is 2.38. The Morgan fingerprint density at radius 2 is 2.07 bits per heavy atom. The molecule has 0 saturated carbocycles. The highest BCUT2D eigenvalue weighted by molar-refractivity contribution is 6.00. The maximum atomic E-state index is 13.5. The minimum absolute atomic E-state index is 0.0889. The quantitative estimate of drug-likeness (QED) is 0.842. The molecule has 1 unspecified atom stereocenters. The maximum Gasteiger partial charge on any atom is 0.251 e. The van der Waals surface area contributed by atoms with E-state index in [9.17, 15) is 9.59 Å². The molecule has 1 aromatic heterocycles. The summed E-state index contributed by atoms with van der Waals surface area (Å²) >= 11 is 0. The lowest BCUT2D eigenvalue weighted by molar-refractivity contribution is -0.133. The second kappa shape index (κ2) is 6.37. The van der Waals surface area contributed by atoms with Crippen molar-refractivity contribution in [1.82, 2.24) is 15.2 Å². The molecule has 6 heteroatoms. The molecule has 5 rings (SSSR count). The first-order valence-corrected chi connectivity index (χ1v) is 9.59. The van der Waals surface area contributed by atoms with Crippen LogP contribution in [-0.2, 0) is 11.3 Å². The van der Waals surface area contributed by atoms with Crippen LogP contribution in [0.5, 0.6) is 0 Å². The third-order valence-corrected chi connectivity index (χ3v) is 5.97. The summed E-state index contributed by atoms with van der Waals surface area (Å²) in [5, 5.41) is 2.88. The number of nitrogens with one attached hydrogen (secondary N) is 1. The number of aromatic nitrogens is 1. The fraction of sp³-hybridized carbons (Fsp3) is 0.381. The van der Waals surface area contributed by atoms with E-state index in [2.05, 4.69) is 21.3 Å². The number of fused-ring (bicyclic) bond motifs is 4. The van der Waals surface area contributed by atoms with E-state index in [4.69, 9.17) is 0 Å². The maximum absolute atomic E-state index is 13.5. The summed E-state index contributed by atoms with van der Waals surface area (Å²) in [4.78, 5) is 34.6. The predicted molar refractivity (Wildman–Crippen MR) is 102 cm³/mol. The SMILES string of the molecule is O=C1NCC(C(=O)N2Cc3cccnc3N3CCC[C@H]3C2)c2ccccc21. The molecule has 1 fully saturated rings. The number of nitrogens with zero attached hydrogens (tertiary/aromatic N) is 3. The molecule has 2 aromatic rings. The number of pyridine rings is 1. The standard InChI is InChI=1S/C21H22N4O2/c26-20-17-8-2-1-7-16(17)18(11-23-20)21(27)24-12-14-5-3-9-22-19(14)25-10-4-6-15(25)13-24/h1-3,5,7-9,15,18H,4,6,10-13H2,(H,23,26)/t15-,18?/m0/s1. The third-order valence-electron chi connectivity index (χ3n) is 5.97. The van der Waals surface area contributed by atoms with E-state index < -0.39 is 0 Å². The van der Waals surface area contributed by atoms with E-state index in [0.717, 1.165) is 36.3 Å². The van der Waals surface area contributed by atoms with Gasteiger partial charge in [0, 0.05) is 49.5 Å². The van der Waals surface area contributed by atoms with Crippen molar-refractivity contribution in [3.8, 4) is 0 Å². The Morgan fingerprint density at radius 3 is 3.00 bits per heavy atom. The Balaban J connectivity index is 1.49. The largest absolute Gasteiger partial charge is 0.352 e.